The average Bonchev–Trinajstić information content (AvgIpc) is 2.29. The fourth-order valence-corrected chi connectivity index (χ4v) is 2.48. The van der Waals surface area contributed by atoms with Crippen molar-refractivity contribution < 1.29 is 28.0 Å². The number of phosphoric acid groups is 1. The van der Waals surface area contributed by atoms with Gasteiger partial charge in [-0.05, 0) is 33.6 Å². The molecule has 0 rings (SSSR count). The summed E-state index contributed by atoms with van der Waals surface area (Å²) in [7, 11) is -3.93. The Labute approximate surface area is 128 Å². The molecule has 0 fully saturated rings. The summed E-state index contributed by atoms with van der Waals surface area (Å²) in [5, 5.41) is 0.469. The fourth-order valence-electron chi connectivity index (χ4n) is 1.31. The number of carbonyl (C=O) groups is 1. The third kappa shape index (κ3) is 13.1. The number of hydrogen-bond acceptors (Lipinski definition) is 5. The number of alkyl halides is 1. The van der Waals surface area contributed by atoms with Gasteiger partial charge in [0.05, 0.1) is 13.2 Å². The zero-order valence-electron chi connectivity index (χ0n) is 12.3. The molecule has 0 saturated carbocycles. The maximum Gasteiger partial charge on any atom is 0.472 e. The Balaban J connectivity index is 3.58. The second-order valence-corrected chi connectivity index (χ2v) is 7.47. The van der Waals surface area contributed by atoms with E-state index < -0.39 is 13.4 Å². The number of esters is 1. The number of unbranched alkanes of at least 4 members (excludes halogenated alkanes) is 2. The molecule has 0 aromatic rings. The van der Waals surface area contributed by atoms with Crippen molar-refractivity contribution in [3.63, 3.8) is 0 Å². The molecule has 1 unspecified atom stereocenters. The van der Waals surface area contributed by atoms with Crippen LogP contribution in [0.4, 0.5) is 0 Å². The number of ether oxygens (including phenoxy) is 1. The maximum atomic E-state index is 11.4. The number of carbonyl (C=O) groups excluding carboxylic acids is 1. The third-order valence-corrected chi connectivity index (χ3v) is 3.37. The number of hydrogen-bond donors (Lipinski definition) is 1. The second kappa shape index (κ2) is 9.90. The van der Waals surface area contributed by atoms with Crippen LogP contribution in [0.3, 0.4) is 0 Å². The molecule has 1 atom stereocenters. The van der Waals surface area contributed by atoms with Crippen molar-refractivity contribution in [3.05, 3.63) is 0 Å². The van der Waals surface area contributed by atoms with Crippen molar-refractivity contribution >= 4 is 29.7 Å². The lowest BCUT2D eigenvalue weighted by Crippen LogP contribution is -2.23. The molecule has 0 bridgehead atoms. The average molecular weight is 375 g/mol. The lowest BCUT2D eigenvalue weighted by atomic mass is 10.1. The lowest BCUT2D eigenvalue weighted by molar-refractivity contribution is -0.154. The van der Waals surface area contributed by atoms with Gasteiger partial charge < -0.3 is 9.63 Å². The van der Waals surface area contributed by atoms with E-state index in [1.807, 2.05) is 20.8 Å². The van der Waals surface area contributed by atoms with E-state index >= 15 is 0 Å². The first-order chi connectivity index (χ1) is 9.16. The van der Waals surface area contributed by atoms with Gasteiger partial charge in [-0.3, -0.25) is 13.8 Å². The highest BCUT2D eigenvalue weighted by Gasteiger charge is 2.20. The molecule has 0 saturated heterocycles. The van der Waals surface area contributed by atoms with Crippen molar-refractivity contribution in [1.82, 2.24) is 0 Å². The van der Waals surface area contributed by atoms with Crippen LogP contribution >= 0.6 is 23.8 Å². The molecule has 120 valence electrons. The Kier molecular flexibility index (Phi) is 9.93. The topological polar surface area (TPSA) is 82.1 Å². The second-order valence-electron chi connectivity index (χ2n) is 5.22. The van der Waals surface area contributed by atoms with Crippen LogP contribution in [-0.2, 0) is 23.1 Å². The Morgan fingerprint density at radius 2 is 1.75 bits per heavy atom. The van der Waals surface area contributed by atoms with E-state index in [4.69, 9.17) is 9.26 Å². The quantitative estimate of drug-likeness (QED) is 0.273. The van der Waals surface area contributed by atoms with E-state index in [0.717, 1.165) is 6.42 Å². The minimum Gasteiger partial charge on any atom is -0.460 e. The van der Waals surface area contributed by atoms with Crippen molar-refractivity contribution in [3.8, 4) is 0 Å². The van der Waals surface area contributed by atoms with Crippen LogP contribution in [0.5, 0.6) is 0 Å². The van der Waals surface area contributed by atoms with Crippen molar-refractivity contribution in [2.45, 2.75) is 52.1 Å². The fraction of sp³-hybridized carbons (Fsp3) is 0.917. The van der Waals surface area contributed by atoms with E-state index in [1.54, 1.807) is 0 Å². The van der Waals surface area contributed by atoms with Gasteiger partial charge in [-0.25, -0.2) is 4.57 Å². The largest absolute Gasteiger partial charge is 0.472 e. The van der Waals surface area contributed by atoms with Crippen LogP contribution in [0.15, 0.2) is 0 Å². The normalized spacial score (nSPS) is 14.8. The molecule has 6 nitrogen and oxygen atoms in total. The van der Waals surface area contributed by atoms with E-state index in [9.17, 15) is 14.3 Å². The minimum atomic E-state index is -3.93. The molecule has 0 aliphatic carbocycles. The number of rotatable bonds is 10. The van der Waals surface area contributed by atoms with Gasteiger partial charge in [-0.1, -0.05) is 22.4 Å². The van der Waals surface area contributed by atoms with E-state index in [0.29, 0.717) is 24.6 Å². The first-order valence-corrected chi connectivity index (χ1v) is 9.18. The molecule has 0 heterocycles. The van der Waals surface area contributed by atoms with Crippen LogP contribution in [0.2, 0.25) is 0 Å². The van der Waals surface area contributed by atoms with Crippen LogP contribution < -0.4 is 0 Å². The van der Waals surface area contributed by atoms with Gasteiger partial charge in [-0.2, -0.15) is 0 Å². The van der Waals surface area contributed by atoms with Gasteiger partial charge in [0, 0.05) is 11.8 Å². The van der Waals surface area contributed by atoms with Crippen LogP contribution in [-0.4, -0.2) is 35.0 Å². The summed E-state index contributed by atoms with van der Waals surface area (Å²) < 4.78 is 25.9. The highest BCUT2D eigenvalue weighted by molar-refractivity contribution is 9.09. The molecule has 0 radical (unpaired) electrons. The highest BCUT2D eigenvalue weighted by Crippen LogP contribution is 2.43. The molecule has 8 heteroatoms. The number of phosphoric ester groups is 1. The first-order valence-electron chi connectivity index (χ1n) is 6.56. The van der Waals surface area contributed by atoms with E-state index in [-0.39, 0.29) is 19.2 Å². The standard InChI is InChI=1S/C12H24BrO6P/c1-12(2,3)19-11(14)7-5-4-6-9-17-20(15,16)18-10-8-13/h4-10H2,1-3H3,(H,15,16). The van der Waals surface area contributed by atoms with Gasteiger partial charge in [0.1, 0.15) is 5.60 Å². The van der Waals surface area contributed by atoms with Crippen molar-refractivity contribution in [1.29, 1.82) is 0 Å². The van der Waals surface area contributed by atoms with Crippen molar-refractivity contribution in [2.75, 3.05) is 18.5 Å². The third-order valence-electron chi connectivity index (χ3n) is 2.03. The summed E-state index contributed by atoms with van der Waals surface area (Å²) in [6.45, 7) is 5.72. The molecular weight excluding hydrogens is 351 g/mol. The lowest BCUT2D eigenvalue weighted by Gasteiger charge is -2.19. The van der Waals surface area contributed by atoms with Gasteiger partial charge in [0.25, 0.3) is 0 Å². The van der Waals surface area contributed by atoms with Crippen LogP contribution in [0.1, 0.15) is 46.5 Å². The molecule has 0 aromatic heterocycles. The molecule has 0 amide bonds. The highest BCUT2D eigenvalue weighted by atomic mass is 79.9. The Morgan fingerprint density at radius 1 is 1.15 bits per heavy atom. The molecule has 0 aliphatic rings. The summed E-state index contributed by atoms with van der Waals surface area (Å²) in [6.07, 6.45) is 2.31. The summed E-state index contributed by atoms with van der Waals surface area (Å²) in [4.78, 5) is 20.6. The summed E-state index contributed by atoms with van der Waals surface area (Å²) >= 11 is 3.08. The van der Waals surface area contributed by atoms with E-state index in [2.05, 4.69) is 20.5 Å². The predicted molar refractivity (Wildman–Crippen MR) is 79.8 cm³/mol. The van der Waals surface area contributed by atoms with Gasteiger partial charge in [0.15, 0.2) is 0 Å². The predicted octanol–water partition coefficient (Wildman–Crippen LogP) is 3.42. The monoisotopic (exact) mass is 374 g/mol. The van der Waals surface area contributed by atoms with Crippen molar-refractivity contribution in [2.24, 2.45) is 0 Å². The zero-order valence-corrected chi connectivity index (χ0v) is 14.7. The molecular formula is C12H24BrO6P. The van der Waals surface area contributed by atoms with Gasteiger partial charge >= 0.3 is 13.8 Å². The van der Waals surface area contributed by atoms with E-state index in [1.165, 1.54) is 0 Å². The zero-order chi connectivity index (χ0) is 15.6. The van der Waals surface area contributed by atoms with Gasteiger partial charge in [-0.15, -0.1) is 0 Å². The molecule has 0 aromatic carbocycles. The van der Waals surface area contributed by atoms with Gasteiger partial charge in [0.2, 0.25) is 0 Å². The van der Waals surface area contributed by atoms with Crippen LogP contribution in [0.25, 0.3) is 0 Å². The molecule has 0 spiro atoms. The molecule has 20 heavy (non-hydrogen) atoms. The molecule has 0 aliphatic heterocycles. The Morgan fingerprint density at radius 3 is 2.30 bits per heavy atom. The maximum absolute atomic E-state index is 11.4. The summed E-state index contributed by atoms with van der Waals surface area (Å²) in [5.74, 6) is -0.230. The molecule has 1 N–H and O–H groups in total. The minimum absolute atomic E-state index is 0.117. The summed E-state index contributed by atoms with van der Waals surface area (Å²) in [6, 6.07) is 0. The first kappa shape index (κ1) is 20.1. The Hall–Kier alpha value is 0.0600. The number of halogens is 1. The Bertz CT molecular complexity index is 328. The van der Waals surface area contributed by atoms with Crippen LogP contribution in [0, 0.1) is 0 Å². The smallest absolute Gasteiger partial charge is 0.460 e. The summed E-state index contributed by atoms with van der Waals surface area (Å²) in [5.41, 5.74) is -0.462. The SMILES string of the molecule is CC(C)(C)OC(=O)CCCCCOP(=O)(O)OCCBr.